The number of imidazole rings is 1. The van der Waals surface area contributed by atoms with E-state index < -0.39 is 17.8 Å². The summed E-state index contributed by atoms with van der Waals surface area (Å²) in [6.45, 7) is 4.16. The summed E-state index contributed by atoms with van der Waals surface area (Å²) in [5, 5.41) is 3.44. The van der Waals surface area contributed by atoms with Crippen LogP contribution >= 0.6 is 0 Å². The number of alkyl halides is 2. The molecule has 4 fully saturated rings. The Hall–Kier alpha value is -2.03. The predicted molar refractivity (Wildman–Crippen MR) is 120 cm³/mol. The van der Waals surface area contributed by atoms with E-state index in [2.05, 4.69) is 25.1 Å². The second-order valence-corrected chi connectivity index (χ2v) is 10.3. The molecule has 0 radical (unpaired) electrons. The normalized spacial score (nSPS) is 32.7. The van der Waals surface area contributed by atoms with Crippen LogP contribution in [0.5, 0.6) is 0 Å². The molecule has 2 aliphatic heterocycles. The Bertz CT molecular complexity index is 976. The SMILES string of the molecule is Cn1cnc2nc(NC3CC4CCCC(C3)C4(F)F)nc(N3CCN4CCCC[C@H]4C3)c21. The molecule has 32 heavy (non-hydrogen) atoms. The topological polar surface area (TPSA) is 62.1 Å². The van der Waals surface area contributed by atoms with Crippen molar-refractivity contribution in [2.75, 3.05) is 36.4 Å². The number of rotatable bonds is 3. The summed E-state index contributed by atoms with van der Waals surface area (Å²) in [5.74, 6) is -2.11. The van der Waals surface area contributed by atoms with Crippen LogP contribution in [0, 0.1) is 11.8 Å². The summed E-state index contributed by atoms with van der Waals surface area (Å²) >= 11 is 0. The Labute approximate surface area is 187 Å². The molecular weight excluding hydrogens is 412 g/mol. The molecule has 2 bridgehead atoms. The van der Waals surface area contributed by atoms with Crippen LogP contribution in [-0.2, 0) is 7.05 Å². The number of hydrogen-bond acceptors (Lipinski definition) is 6. The number of fused-ring (bicyclic) bond motifs is 4. The minimum absolute atomic E-state index is 0.00544. The third kappa shape index (κ3) is 3.43. The highest BCUT2D eigenvalue weighted by atomic mass is 19.3. The van der Waals surface area contributed by atoms with E-state index in [0.29, 0.717) is 43.3 Å². The maximum absolute atomic E-state index is 14.6. The van der Waals surface area contributed by atoms with E-state index in [1.54, 1.807) is 6.33 Å². The second kappa shape index (κ2) is 7.78. The van der Waals surface area contributed by atoms with Crippen LogP contribution < -0.4 is 10.2 Å². The molecule has 2 aromatic heterocycles. The van der Waals surface area contributed by atoms with E-state index >= 15 is 0 Å². The molecule has 2 aromatic rings. The van der Waals surface area contributed by atoms with Crippen LogP contribution in [0.25, 0.3) is 11.2 Å². The molecule has 174 valence electrons. The van der Waals surface area contributed by atoms with Crippen molar-refractivity contribution in [2.24, 2.45) is 18.9 Å². The molecule has 0 aromatic carbocycles. The molecule has 7 nitrogen and oxygen atoms in total. The van der Waals surface area contributed by atoms with E-state index in [0.717, 1.165) is 37.4 Å². The molecule has 2 unspecified atom stereocenters. The van der Waals surface area contributed by atoms with Gasteiger partial charge in [0.1, 0.15) is 5.52 Å². The molecule has 9 heteroatoms. The van der Waals surface area contributed by atoms with Gasteiger partial charge in [-0.25, -0.2) is 13.8 Å². The highest BCUT2D eigenvalue weighted by molar-refractivity contribution is 5.85. The number of hydrogen-bond donors (Lipinski definition) is 1. The zero-order valence-corrected chi connectivity index (χ0v) is 18.8. The Morgan fingerprint density at radius 1 is 1.00 bits per heavy atom. The average Bonchev–Trinajstić information content (AvgIpc) is 3.14. The van der Waals surface area contributed by atoms with Crippen LogP contribution in [0.15, 0.2) is 6.33 Å². The fourth-order valence-corrected chi connectivity index (χ4v) is 6.63. The summed E-state index contributed by atoms with van der Waals surface area (Å²) in [4.78, 5) is 19.1. The Kier molecular flexibility index (Phi) is 5.00. The van der Waals surface area contributed by atoms with E-state index in [-0.39, 0.29) is 6.04 Å². The smallest absolute Gasteiger partial charge is 0.253 e. The summed E-state index contributed by atoms with van der Waals surface area (Å²) < 4.78 is 31.2. The lowest BCUT2D eigenvalue weighted by Gasteiger charge is -2.45. The number of nitrogens with one attached hydrogen (secondary N) is 1. The number of piperidine rings is 1. The van der Waals surface area contributed by atoms with E-state index in [9.17, 15) is 8.78 Å². The summed E-state index contributed by atoms with van der Waals surface area (Å²) in [6.07, 6.45) is 8.76. The van der Waals surface area contributed by atoms with Gasteiger partial charge in [-0.15, -0.1) is 0 Å². The first-order valence-electron chi connectivity index (χ1n) is 12.3. The zero-order valence-electron chi connectivity index (χ0n) is 18.8. The van der Waals surface area contributed by atoms with Gasteiger partial charge in [-0.2, -0.15) is 9.97 Å². The lowest BCUT2D eigenvalue weighted by molar-refractivity contribution is -0.155. The molecule has 0 spiro atoms. The van der Waals surface area contributed by atoms with Gasteiger partial charge in [0.05, 0.1) is 6.33 Å². The van der Waals surface area contributed by atoms with Gasteiger partial charge in [-0.05, 0) is 45.1 Å². The number of aryl methyl sites for hydroxylation is 1. The largest absolute Gasteiger partial charge is 0.352 e. The molecule has 2 aliphatic carbocycles. The second-order valence-electron chi connectivity index (χ2n) is 10.3. The molecule has 2 saturated carbocycles. The van der Waals surface area contributed by atoms with E-state index in [1.807, 2.05) is 11.6 Å². The van der Waals surface area contributed by atoms with Crippen LogP contribution in [-0.4, -0.2) is 68.6 Å². The van der Waals surface area contributed by atoms with Gasteiger partial charge in [-0.3, -0.25) is 4.90 Å². The Morgan fingerprint density at radius 3 is 2.62 bits per heavy atom. The van der Waals surface area contributed by atoms with Crippen molar-refractivity contribution >= 4 is 22.9 Å². The molecule has 6 rings (SSSR count). The average molecular weight is 446 g/mol. The van der Waals surface area contributed by atoms with Gasteiger partial charge < -0.3 is 14.8 Å². The van der Waals surface area contributed by atoms with Crippen molar-refractivity contribution in [1.82, 2.24) is 24.4 Å². The molecular formula is C23H33F2N7. The fraction of sp³-hybridized carbons (Fsp3) is 0.783. The number of nitrogens with zero attached hydrogens (tertiary/aromatic N) is 6. The first-order valence-corrected chi connectivity index (χ1v) is 12.3. The van der Waals surface area contributed by atoms with Gasteiger partial charge in [0.15, 0.2) is 11.5 Å². The van der Waals surface area contributed by atoms with Gasteiger partial charge in [-0.1, -0.05) is 12.8 Å². The van der Waals surface area contributed by atoms with E-state index in [1.165, 1.54) is 25.8 Å². The van der Waals surface area contributed by atoms with Gasteiger partial charge >= 0.3 is 0 Å². The van der Waals surface area contributed by atoms with Gasteiger partial charge in [0, 0.05) is 50.6 Å². The van der Waals surface area contributed by atoms with Gasteiger partial charge in [0.25, 0.3) is 5.92 Å². The van der Waals surface area contributed by atoms with Crippen molar-refractivity contribution in [3.63, 3.8) is 0 Å². The van der Waals surface area contributed by atoms with Crippen molar-refractivity contribution in [3.05, 3.63) is 6.33 Å². The van der Waals surface area contributed by atoms with Gasteiger partial charge in [0.2, 0.25) is 5.95 Å². The molecule has 2 saturated heterocycles. The van der Waals surface area contributed by atoms with Crippen molar-refractivity contribution in [1.29, 1.82) is 0 Å². The van der Waals surface area contributed by atoms with Crippen molar-refractivity contribution in [3.8, 4) is 0 Å². The lowest BCUT2D eigenvalue weighted by Crippen LogP contribution is -2.55. The molecule has 0 amide bonds. The zero-order chi connectivity index (χ0) is 21.9. The maximum Gasteiger partial charge on any atom is 0.253 e. The molecule has 3 atom stereocenters. The lowest BCUT2D eigenvalue weighted by atomic mass is 9.67. The highest BCUT2D eigenvalue weighted by Crippen LogP contribution is 2.51. The third-order valence-electron chi connectivity index (χ3n) is 8.36. The first-order chi connectivity index (χ1) is 15.5. The predicted octanol–water partition coefficient (Wildman–Crippen LogP) is 3.66. The summed E-state index contributed by atoms with van der Waals surface area (Å²) in [7, 11) is 1.98. The van der Waals surface area contributed by atoms with Crippen LogP contribution in [0.4, 0.5) is 20.5 Å². The van der Waals surface area contributed by atoms with Crippen LogP contribution in [0.1, 0.15) is 51.4 Å². The minimum Gasteiger partial charge on any atom is -0.352 e. The standard InChI is InChI=1S/C23H33F2N7/c1-30-14-26-20-19(30)21(32-10-9-31-8-3-2-7-18(31)13-32)29-22(28-20)27-17-11-15-5-4-6-16(12-17)23(15,24)25/h14-18H,2-13H2,1H3,(H,27,28,29)/t15?,16?,17?,18-/m0/s1. The van der Waals surface area contributed by atoms with Crippen LogP contribution in [0.3, 0.4) is 0 Å². The monoisotopic (exact) mass is 445 g/mol. The molecule has 1 N–H and O–H groups in total. The third-order valence-corrected chi connectivity index (χ3v) is 8.36. The highest BCUT2D eigenvalue weighted by Gasteiger charge is 2.53. The Balaban J connectivity index is 1.28. The summed E-state index contributed by atoms with van der Waals surface area (Å²) in [6, 6.07) is 0.571. The van der Waals surface area contributed by atoms with Crippen molar-refractivity contribution < 1.29 is 8.78 Å². The fourth-order valence-electron chi connectivity index (χ4n) is 6.63. The minimum atomic E-state index is -2.52. The van der Waals surface area contributed by atoms with Crippen LogP contribution in [0.2, 0.25) is 0 Å². The first kappa shape index (κ1) is 20.6. The van der Waals surface area contributed by atoms with E-state index in [4.69, 9.17) is 4.98 Å². The van der Waals surface area contributed by atoms with Crippen molar-refractivity contribution in [2.45, 2.75) is 69.4 Å². The number of aromatic nitrogens is 4. The molecule has 4 heterocycles. The number of anilines is 2. The number of piperazine rings is 1. The number of halogens is 2. The quantitative estimate of drug-likeness (QED) is 0.778. The maximum atomic E-state index is 14.6. The molecule has 4 aliphatic rings. The summed E-state index contributed by atoms with van der Waals surface area (Å²) in [5.41, 5.74) is 1.62. The Morgan fingerprint density at radius 2 is 1.81 bits per heavy atom.